The first kappa shape index (κ1) is 4.49. The van der Waals surface area contributed by atoms with Crippen LogP contribution in [0.5, 0.6) is 0 Å². The van der Waals surface area contributed by atoms with Gasteiger partial charge >= 0.3 is 5.97 Å². The molecule has 0 saturated carbocycles. The van der Waals surface area contributed by atoms with Crippen molar-refractivity contribution in [3.05, 3.63) is 33.7 Å². The largest absolute Gasteiger partial charge is 0.481 e. The number of benzene rings is 1. The number of rotatable bonds is 2. The van der Waals surface area contributed by atoms with E-state index in [9.17, 15) is 4.79 Å². The van der Waals surface area contributed by atoms with Crippen LogP contribution < -0.4 is 0 Å². The van der Waals surface area contributed by atoms with Gasteiger partial charge in [0.2, 0.25) is 0 Å². The lowest BCUT2D eigenvalue weighted by Crippen LogP contribution is -2.00. The lowest BCUT2D eigenvalue weighted by atomic mass is 10.1. The zero-order chi connectivity index (χ0) is 13.5. The monoisotopic (exact) mass is 209 g/mol. The van der Waals surface area contributed by atoms with Crippen molar-refractivity contribution in [3.63, 3.8) is 0 Å². The van der Waals surface area contributed by atoms with E-state index in [0.717, 1.165) is 0 Å². The van der Waals surface area contributed by atoms with Crippen molar-refractivity contribution >= 4 is 29.2 Å². The summed E-state index contributed by atoms with van der Waals surface area (Å²) < 4.78 is 36.9. The molecular formula is C8H6Cl2O2. The number of aliphatic carboxylic acids is 1. The molecule has 0 aliphatic carbocycles. The summed E-state index contributed by atoms with van der Waals surface area (Å²) in [4.78, 5) is 10.8. The normalized spacial score (nSPS) is 17.0. The van der Waals surface area contributed by atoms with E-state index in [2.05, 4.69) is 0 Å². The fraction of sp³-hybridized carbons (Fsp3) is 0.125. The van der Waals surface area contributed by atoms with Gasteiger partial charge < -0.3 is 5.11 Å². The Hall–Kier alpha value is -0.730. The maximum atomic E-state index is 10.8. The van der Waals surface area contributed by atoms with E-state index in [4.69, 9.17) is 35.2 Å². The van der Waals surface area contributed by atoms with E-state index in [1.807, 2.05) is 0 Å². The minimum atomic E-state index is -2.95. The zero-order valence-electron chi connectivity index (χ0n) is 10.6. The Morgan fingerprint density at radius 1 is 1.67 bits per heavy atom. The number of carboxylic acid groups (broad SMARTS) is 1. The zero-order valence-corrected chi connectivity index (χ0v) is 7.12. The maximum absolute atomic E-state index is 10.8. The van der Waals surface area contributed by atoms with Crippen molar-refractivity contribution in [2.24, 2.45) is 0 Å². The molecule has 0 aliphatic rings. The summed E-state index contributed by atoms with van der Waals surface area (Å²) in [7, 11) is 0. The highest BCUT2D eigenvalue weighted by Crippen LogP contribution is 2.21. The summed E-state index contributed by atoms with van der Waals surface area (Å²) in [5, 5.41) is 7.74. The predicted molar refractivity (Wildman–Crippen MR) is 47.8 cm³/mol. The smallest absolute Gasteiger partial charge is 0.307 e. The number of hydrogen-bond donors (Lipinski definition) is 1. The number of carbonyl (C=O) groups is 1. The van der Waals surface area contributed by atoms with E-state index in [1.54, 1.807) is 0 Å². The van der Waals surface area contributed by atoms with Crippen LogP contribution in [0.4, 0.5) is 0 Å². The minimum absolute atomic E-state index is 0.412. The van der Waals surface area contributed by atoms with Crippen LogP contribution >= 0.6 is 23.2 Å². The highest BCUT2D eigenvalue weighted by Gasteiger charge is 2.04. The lowest BCUT2D eigenvalue weighted by molar-refractivity contribution is -0.136. The third-order valence-corrected chi connectivity index (χ3v) is 1.44. The average molecular weight is 210 g/mol. The van der Waals surface area contributed by atoms with Gasteiger partial charge in [-0.2, -0.15) is 0 Å². The Labute approximate surface area is 86.7 Å². The molecule has 0 saturated heterocycles. The van der Waals surface area contributed by atoms with Crippen LogP contribution in [-0.2, 0) is 11.2 Å². The Morgan fingerprint density at radius 2 is 2.33 bits per heavy atom. The third-order valence-electron chi connectivity index (χ3n) is 0.968. The molecular weight excluding hydrogens is 199 g/mol. The van der Waals surface area contributed by atoms with Gasteiger partial charge in [-0.25, -0.2) is 0 Å². The van der Waals surface area contributed by atoms with Gasteiger partial charge in [0.25, 0.3) is 0 Å². The van der Waals surface area contributed by atoms with Gasteiger partial charge in [-0.1, -0.05) is 29.2 Å². The molecule has 0 aromatic heterocycles. The molecule has 1 aromatic carbocycles. The van der Waals surface area contributed by atoms with Crippen LogP contribution in [0, 0.1) is 0 Å². The van der Waals surface area contributed by atoms with E-state index < -0.39 is 46.1 Å². The molecule has 1 N–H and O–H groups in total. The van der Waals surface area contributed by atoms with Crippen molar-refractivity contribution in [3.8, 4) is 0 Å². The van der Waals surface area contributed by atoms with Gasteiger partial charge in [-0.15, -0.1) is 0 Å². The second-order valence-electron chi connectivity index (χ2n) is 1.81. The minimum Gasteiger partial charge on any atom is -0.481 e. The van der Waals surface area contributed by atoms with Crippen molar-refractivity contribution in [1.29, 1.82) is 0 Å². The summed E-state index contributed by atoms with van der Waals surface area (Å²) in [5.41, 5.74) is -0.730. The summed E-state index contributed by atoms with van der Waals surface area (Å²) in [6, 6.07) is -1.92. The van der Waals surface area contributed by atoms with E-state index in [-0.39, 0.29) is 0 Å². The first-order valence-corrected chi connectivity index (χ1v) is 3.56. The quantitative estimate of drug-likeness (QED) is 0.814. The number of hydrogen-bond acceptors (Lipinski definition) is 1. The van der Waals surface area contributed by atoms with Crippen molar-refractivity contribution in [2.45, 2.75) is 6.37 Å². The summed E-state index contributed by atoms with van der Waals surface area (Å²) >= 11 is 11.2. The lowest BCUT2D eigenvalue weighted by Gasteiger charge is -2.00. The van der Waals surface area contributed by atoms with Gasteiger partial charge in [-0.05, 0) is 17.6 Å². The fourth-order valence-electron chi connectivity index (χ4n) is 0.555. The molecule has 64 valence electrons. The molecule has 0 atom stereocenters. The van der Waals surface area contributed by atoms with Gasteiger partial charge in [0.1, 0.15) is 0 Å². The van der Waals surface area contributed by atoms with E-state index in [1.165, 1.54) is 0 Å². The van der Waals surface area contributed by atoms with Crippen molar-refractivity contribution in [2.75, 3.05) is 0 Å². The molecule has 12 heavy (non-hydrogen) atoms. The highest BCUT2D eigenvalue weighted by atomic mass is 35.5. The molecule has 0 fully saturated rings. The first-order chi connectivity index (χ1) is 7.62. The van der Waals surface area contributed by atoms with Crippen LogP contribution in [-0.4, -0.2) is 11.1 Å². The Kier molecular flexibility index (Phi) is 1.42. The van der Waals surface area contributed by atoms with Crippen LogP contribution in [0.1, 0.15) is 12.4 Å². The number of halogens is 2. The van der Waals surface area contributed by atoms with Gasteiger partial charge in [0.15, 0.2) is 0 Å². The van der Waals surface area contributed by atoms with E-state index in [0.29, 0.717) is 0 Å². The summed E-state index contributed by atoms with van der Waals surface area (Å²) in [6.45, 7) is 0. The predicted octanol–water partition coefficient (Wildman–Crippen LogP) is 2.62. The number of carboxylic acids is 1. The Balaban J connectivity index is 3.72. The van der Waals surface area contributed by atoms with Gasteiger partial charge in [-0.3, -0.25) is 4.79 Å². The maximum Gasteiger partial charge on any atom is 0.307 e. The van der Waals surface area contributed by atoms with Crippen LogP contribution in [0.2, 0.25) is 10.0 Å². The molecule has 0 unspecified atom stereocenters. The van der Waals surface area contributed by atoms with Crippen LogP contribution in [0.3, 0.4) is 0 Å². The van der Waals surface area contributed by atoms with E-state index >= 15 is 0 Å². The third kappa shape index (κ3) is 2.40. The molecule has 2 nitrogen and oxygen atoms in total. The topological polar surface area (TPSA) is 37.3 Å². The standard InChI is InChI=1S/C8H6Cl2O2/c9-6-2-1-5(3-8(11)12)7(10)4-6/h1-2,4H,3H2,(H,11,12)/i1D,2D,3D2,4D. The highest BCUT2D eigenvalue weighted by molar-refractivity contribution is 6.35. The Morgan fingerprint density at radius 3 is 2.92 bits per heavy atom. The Bertz CT molecular complexity index is 474. The molecule has 0 heterocycles. The molecule has 0 radical (unpaired) electrons. The molecule has 0 bridgehead atoms. The first-order valence-electron chi connectivity index (χ1n) is 5.31. The second kappa shape index (κ2) is 3.78. The SMILES string of the molecule is [2H]c1c([2H])c(C([2H])([2H])C(=O)O)c(Cl)c([2H])c1Cl. The van der Waals surface area contributed by atoms with Gasteiger partial charge in [0.05, 0.1) is 10.5 Å². The summed E-state index contributed by atoms with van der Waals surface area (Å²) in [6.07, 6.45) is -2.95. The molecule has 1 rings (SSSR count). The van der Waals surface area contributed by atoms with Gasteiger partial charge in [0, 0.05) is 12.8 Å². The van der Waals surface area contributed by atoms with Crippen molar-refractivity contribution < 1.29 is 16.8 Å². The molecule has 1 aromatic rings. The average Bonchev–Trinajstić information content (AvgIpc) is 2.23. The summed E-state index contributed by atoms with van der Waals surface area (Å²) in [5.74, 6) is -1.85. The second-order valence-corrected chi connectivity index (χ2v) is 2.56. The molecule has 0 amide bonds. The van der Waals surface area contributed by atoms with Crippen molar-refractivity contribution in [1.82, 2.24) is 0 Å². The van der Waals surface area contributed by atoms with Crippen LogP contribution in [0.25, 0.3) is 0 Å². The van der Waals surface area contributed by atoms with Crippen LogP contribution in [0.15, 0.2) is 18.1 Å². The molecule has 0 spiro atoms. The fourth-order valence-corrected chi connectivity index (χ4v) is 0.934. The molecule has 0 aliphatic heterocycles. The molecule has 4 heteroatoms.